The van der Waals surface area contributed by atoms with Gasteiger partial charge in [0.15, 0.2) is 11.2 Å². The lowest BCUT2D eigenvalue weighted by atomic mass is 9.71. The predicted molar refractivity (Wildman–Crippen MR) is 135 cm³/mol. The summed E-state index contributed by atoms with van der Waals surface area (Å²) < 4.78 is 13.0. The van der Waals surface area contributed by atoms with Crippen LogP contribution in [0.3, 0.4) is 0 Å². The van der Waals surface area contributed by atoms with Crippen molar-refractivity contribution in [3.63, 3.8) is 0 Å². The van der Waals surface area contributed by atoms with Crippen LogP contribution in [0.15, 0.2) is 72.8 Å². The first-order valence-electron chi connectivity index (χ1n) is 12.4. The molecular weight excluding hydrogens is 462 g/mol. The number of ether oxygens (including phenoxy) is 2. The van der Waals surface area contributed by atoms with Crippen LogP contribution in [-0.4, -0.2) is 47.5 Å². The summed E-state index contributed by atoms with van der Waals surface area (Å²) in [5, 5.41) is 24.7. The molecule has 3 aromatic carbocycles. The summed E-state index contributed by atoms with van der Waals surface area (Å²) in [7, 11) is 0. The first-order valence-corrected chi connectivity index (χ1v) is 12.8. The molecule has 1 saturated carbocycles. The molecule has 2 aliphatic heterocycles. The third kappa shape index (κ3) is 3.48. The molecule has 1 aliphatic carbocycles. The van der Waals surface area contributed by atoms with Gasteiger partial charge in [-0.1, -0.05) is 60.1 Å². The fourth-order valence-corrected chi connectivity index (χ4v) is 6.49. The molecule has 182 valence electrons. The van der Waals surface area contributed by atoms with Crippen molar-refractivity contribution in [3.8, 4) is 11.5 Å². The highest BCUT2D eigenvalue weighted by Gasteiger charge is 2.73. The van der Waals surface area contributed by atoms with Crippen molar-refractivity contribution >= 4 is 11.6 Å². The quantitative estimate of drug-likeness (QED) is 0.516. The van der Waals surface area contributed by atoms with Crippen molar-refractivity contribution in [3.05, 3.63) is 94.5 Å². The molecule has 0 amide bonds. The number of hydrogen-bond acceptors (Lipinski definition) is 5. The van der Waals surface area contributed by atoms with Gasteiger partial charge in [0.1, 0.15) is 18.1 Å². The standard InChI is InChI=1S/C29H30ClNO4/c30-22-13-11-21(12-14-22)29-23(20-7-2-1-3-8-20)19-26(32)28(29,33)27-24(9-6-10-25(27)35-29)34-18-17-31-15-4-5-16-31/h1-3,6-14,23,26,32-33H,4-5,15-19H2/t23-,26+,28+,29-/m0/s1. The van der Waals surface area contributed by atoms with E-state index in [4.69, 9.17) is 21.1 Å². The molecule has 0 bridgehead atoms. The summed E-state index contributed by atoms with van der Waals surface area (Å²) in [4.78, 5) is 2.39. The predicted octanol–water partition coefficient (Wildman–Crippen LogP) is 4.84. The van der Waals surface area contributed by atoms with Gasteiger partial charge >= 0.3 is 0 Å². The Morgan fingerprint density at radius 1 is 0.971 bits per heavy atom. The summed E-state index contributed by atoms with van der Waals surface area (Å²) in [5.41, 5.74) is -0.617. The number of aliphatic hydroxyl groups excluding tert-OH is 1. The molecule has 4 atom stereocenters. The molecule has 2 heterocycles. The lowest BCUT2D eigenvalue weighted by molar-refractivity contribution is -0.150. The van der Waals surface area contributed by atoms with E-state index >= 15 is 0 Å². The van der Waals surface area contributed by atoms with Crippen LogP contribution in [0, 0.1) is 0 Å². The number of benzene rings is 3. The van der Waals surface area contributed by atoms with E-state index in [0.29, 0.717) is 35.1 Å². The Morgan fingerprint density at radius 3 is 2.46 bits per heavy atom. The topological polar surface area (TPSA) is 62.2 Å². The molecular formula is C29H30ClNO4. The van der Waals surface area contributed by atoms with Gasteiger partial charge in [-0.3, -0.25) is 4.90 Å². The minimum absolute atomic E-state index is 0.283. The molecule has 3 aliphatic rings. The van der Waals surface area contributed by atoms with Gasteiger partial charge in [0.25, 0.3) is 0 Å². The summed E-state index contributed by atoms with van der Waals surface area (Å²) >= 11 is 6.22. The maximum atomic E-state index is 12.5. The molecule has 0 unspecified atom stereocenters. The minimum atomic E-state index is -1.69. The van der Waals surface area contributed by atoms with Gasteiger partial charge in [0, 0.05) is 17.5 Å². The molecule has 6 heteroatoms. The maximum Gasteiger partial charge on any atom is 0.176 e. The van der Waals surface area contributed by atoms with Gasteiger partial charge in [-0.15, -0.1) is 0 Å². The first kappa shape index (κ1) is 22.9. The van der Waals surface area contributed by atoms with Gasteiger partial charge in [-0.2, -0.15) is 0 Å². The second-order valence-electron chi connectivity index (χ2n) is 9.85. The molecule has 0 aromatic heterocycles. The Labute approximate surface area is 210 Å². The van der Waals surface area contributed by atoms with Crippen LogP contribution in [0.5, 0.6) is 11.5 Å². The zero-order chi connectivity index (χ0) is 24.0. The Hall–Kier alpha value is -2.57. The summed E-state index contributed by atoms with van der Waals surface area (Å²) in [6, 6.07) is 23.0. The Balaban J connectivity index is 1.45. The van der Waals surface area contributed by atoms with Gasteiger partial charge in [0.05, 0.1) is 11.7 Å². The van der Waals surface area contributed by atoms with Gasteiger partial charge < -0.3 is 19.7 Å². The largest absolute Gasteiger partial charge is 0.492 e. The number of nitrogens with zero attached hydrogens (tertiary/aromatic N) is 1. The van der Waals surface area contributed by atoms with Crippen LogP contribution in [-0.2, 0) is 11.2 Å². The van der Waals surface area contributed by atoms with Crippen molar-refractivity contribution in [2.24, 2.45) is 0 Å². The second-order valence-corrected chi connectivity index (χ2v) is 10.3. The highest BCUT2D eigenvalue weighted by Crippen LogP contribution is 2.68. The third-order valence-corrected chi connectivity index (χ3v) is 8.23. The van der Waals surface area contributed by atoms with Crippen LogP contribution in [0.2, 0.25) is 5.02 Å². The zero-order valence-electron chi connectivity index (χ0n) is 19.6. The number of fused-ring (bicyclic) bond motifs is 3. The monoisotopic (exact) mass is 491 g/mol. The lowest BCUT2D eigenvalue weighted by Crippen LogP contribution is -2.52. The molecule has 5 nitrogen and oxygen atoms in total. The molecule has 35 heavy (non-hydrogen) atoms. The molecule has 6 rings (SSSR count). The van der Waals surface area contributed by atoms with E-state index < -0.39 is 17.3 Å². The minimum Gasteiger partial charge on any atom is -0.492 e. The Bertz CT molecular complexity index is 1200. The average molecular weight is 492 g/mol. The fraction of sp³-hybridized carbons (Fsp3) is 0.379. The van der Waals surface area contributed by atoms with Crippen LogP contribution >= 0.6 is 11.6 Å². The van der Waals surface area contributed by atoms with Crippen molar-refractivity contribution < 1.29 is 19.7 Å². The lowest BCUT2D eigenvalue weighted by Gasteiger charge is -2.41. The normalized spacial score (nSPS) is 29.6. The van der Waals surface area contributed by atoms with E-state index in [2.05, 4.69) is 4.90 Å². The Morgan fingerprint density at radius 2 is 1.71 bits per heavy atom. The van der Waals surface area contributed by atoms with E-state index in [1.54, 1.807) is 12.1 Å². The summed E-state index contributed by atoms with van der Waals surface area (Å²) in [6.07, 6.45) is 1.76. The van der Waals surface area contributed by atoms with E-state index in [9.17, 15) is 10.2 Å². The Kier molecular flexibility index (Phi) is 5.76. The van der Waals surface area contributed by atoms with Crippen LogP contribution in [0.4, 0.5) is 0 Å². The maximum absolute atomic E-state index is 12.5. The van der Waals surface area contributed by atoms with Gasteiger partial charge in [0.2, 0.25) is 0 Å². The van der Waals surface area contributed by atoms with Crippen molar-refractivity contribution in [2.75, 3.05) is 26.2 Å². The molecule has 0 spiro atoms. The van der Waals surface area contributed by atoms with E-state index in [1.807, 2.05) is 60.7 Å². The fourth-order valence-electron chi connectivity index (χ4n) is 6.36. The molecule has 1 saturated heterocycles. The molecule has 0 radical (unpaired) electrons. The zero-order valence-corrected chi connectivity index (χ0v) is 20.3. The molecule has 2 N–H and O–H groups in total. The highest BCUT2D eigenvalue weighted by molar-refractivity contribution is 6.30. The van der Waals surface area contributed by atoms with Crippen LogP contribution in [0.25, 0.3) is 0 Å². The smallest absolute Gasteiger partial charge is 0.176 e. The average Bonchev–Trinajstić information content (AvgIpc) is 3.54. The SMILES string of the molecule is O[C@@H]1C[C@@H](c2ccccc2)[C@]2(c3ccc(Cl)cc3)Oc3cccc(OCCN4CCCC4)c3[C@]12O. The van der Waals surface area contributed by atoms with E-state index in [1.165, 1.54) is 12.8 Å². The third-order valence-electron chi connectivity index (χ3n) is 7.98. The number of rotatable bonds is 6. The van der Waals surface area contributed by atoms with E-state index in [0.717, 1.165) is 30.8 Å². The second kappa shape index (κ2) is 8.82. The number of likely N-dealkylation sites (tertiary alicyclic amines) is 1. The van der Waals surface area contributed by atoms with Gasteiger partial charge in [-0.05, 0) is 67.7 Å². The summed E-state index contributed by atoms with van der Waals surface area (Å²) in [5.74, 6) is 0.823. The van der Waals surface area contributed by atoms with Crippen molar-refractivity contribution in [1.29, 1.82) is 0 Å². The summed E-state index contributed by atoms with van der Waals surface area (Å²) in [6.45, 7) is 3.54. The van der Waals surface area contributed by atoms with Crippen molar-refractivity contribution in [1.82, 2.24) is 4.90 Å². The number of halogens is 1. The van der Waals surface area contributed by atoms with Crippen LogP contribution < -0.4 is 9.47 Å². The highest BCUT2D eigenvalue weighted by atomic mass is 35.5. The first-order chi connectivity index (χ1) is 17.0. The van der Waals surface area contributed by atoms with Gasteiger partial charge in [-0.25, -0.2) is 0 Å². The molecule has 3 aromatic rings. The van der Waals surface area contributed by atoms with E-state index in [-0.39, 0.29) is 5.92 Å². The van der Waals surface area contributed by atoms with Crippen molar-refractivity contribution in [2.45, 2.75) is 42.5 Å². The number of hydrogen-bond donors (Lipinski definition) is 2. The number of aliphatic hydroxyl groups is 2. The molecule has 2 fully saturated rings. The van der Waals surface area contributed by atoms with Crippen LogP contribution in [0.1, 0.15) is 41.9 Å².